The first-order chi connectivity index (χ1) is 11.6. The van der Waals surface area contributed by atoms with E-state index in [9.17, 15) is 5.11 Å². The predicted octanol–water partition coefficient (Wildman–Crippen LogP) is 3.96. The van der Waals surface area contributed by atoms with E-state index in [-0.39, 0.29) is 0 Å². The SMILES string of the molecule is CC(C)N1CCC/C(=C\c2ccc(C3(O)CCOCC3)cc2)CC1. The van der Waals surface area contributed by atoms with Crippen molar-refractivity contribution in [1.29, 1.82) is 0 Å². The maximum atomic E-state index is 10.8. The van der Waals surface area contributed by atoms with Gasteiger partial charge in [-0.25, -0.2) is 0 Å². The molecule has 0 atom stereocenters. The molecule has 0 saturated carbocycles. The largest absolute Gasteiger partial charge is 0.385 e. The van der Waals surface area contributed by atoms with Gasteiger partial charge in [0.1, 0.15) is 0 Å². The molecule has 2 saturated heterocycles. The van der Waals surface area contributed by atoms with Crippen LogP contribution in [0.1, 0.15) is 57.1 Å². The minimum absolute atomic E-state index is 0.642. The van der Waals surface area contributed by atoms with E-state index < -0.39 is 5.60 Å². The van der Waals surface area contributed by atoms with Crippen molar-refractivity contribution in [3.05, 3.63) is 41.0 Å². The lowest BCUT2D eigenvalue weighted by Gasteiger charge is -2.32. The Labute approximate surface area is 146 Å². The first kappa shape index (κ1) is 17.7. The molecule has 1 aromatic rings. The average molecular weight is 329 g/mol. The Balaban J connectivity index is 1.67. The number of hydrogen-bond acceptors (Lipinski definition) is 3. The standard InChI is InChI=1S/C21H31NO2/c1-17(2)22-12-3-4-18(9-13-22)16-19-5-7-20(8-6-19)21(23)10-14-24-15-11-21/h5-8,16-17,23H,3-4,9-15H2,1-2H3/b18-16+. The fourth-order valence-electron chi connectivity index (χ4n) is 3.82. The number of benzene rings is 1. The van der Waals surface area contributed by atoms with Gasteiger partial charge in [-0.2, -0.15) is 0 Å². The van der Waals surface area contributed by atoms with E-state index in [1.807, 2.05) is 0 Å². The Morgan fingerprint density at radius 3 is 2.46 bits per heavy atom. The summed E-state index contributed by atoms with van der Waals surface area (Å²) < 4.78 is 5.37. The molecule has 3 rings (SSSR count). The highest BCUT2D eigenvalue weighted by Gasteiger charge is 2.31. The van der Waals surface area contributed by atoms with Crippen LogP contribution in [0.4, 0.5) is 0 Å². The maximum absolute atomic E-state index is 10.8. The highest BCUT2D eigenvalue weighted by Crippen LogP contribution is 2.32. The first-order valence-electron chi connectivity index (χ1n) is 9.41. The lowest BCUT2D eigenvalue weighted by atomic mass is 9.86. The number of likely N-dealkylation sites (tertiary alicyclic amines) is 1. The molecule has 1 aromatic carbocycles. The summed E-state index contributed by atoms with van der Waals surface area (Å²) in [4.78, 5) is 2.57. The van der Waals surface area contributed by atoms with Crippen molar-refractivity contribution < 1.29 is 9.84 Å². The normalized spacial score (nSPS) is 24.2. The molecule has 0 bridgehead atoms. The third kappa shape index (κ3) is 4.27. The van der Waals surface area contributed by atoms with Crippen LogP contribution in [-0.4, -0.2) is 42.4 Å². The highest BCUT2D eigenvalue weighted by molar-refractivity contribution is 5.53. The molecule has 3 heteroatoms. The van der Waals surface area contributed by atoms with E-state index in [2.05, 4.69) is 49.1 Å². The Kier molecular flexibility index (Phi) is 5.75. The molecule has 2 aliphatic heterocycles. The zero-order valence-electron chi connectivity index (χ0n) is 15.1. The Bertz CT molecular complexity index is 556. The Morgan fingerprint density at radius 1 is 1.08 bits per heavy atom. The summed E-state index contributed by atoms with van der Waals surface area (Å²) in [5, 5.41) is 10.8. The molecule has 0 aliphatic carbocycles. The Morgan fingerprint density at radius 2 is 1.79 bits per heavy atom. The second kappa shape index (κ2) is 7.81. The minimum atomic E-state index is -0.704. The second-order valence-electron chi connectivity index (χ2n) is 7.55. The highest BCUT2D eigenvalue weighted by atomic mass is 16.5. The van der Waals surface area contributed by atoms with Crippen LogP contribution in [-0.2, 0) is 10.3 Å². The van der Waals surface area contributed by atoms with E-state index in [1.165, 1.54) is 37.9 Å². The van der Waals surface area contributed by atoms with E-state index in [0.717, 1.165) is 5.56 Å². The van der Waals surface area contributed by atoms with Crippen molar-refractivity contribution >= 4 is 6.08 Å². The fourth-order valence-corrected chi connectivity index (χ4v) is 3.82. The number of nitrogens with zero attached hydrogens (tertiary/aromatic N) is 1. The lowest BCUT2D eigenvalue weighted by molar-refractivity contribution is -0.0679. The number of aliphatic hydroxyl groups is 1. The van der Waals surface area contributed by atoms with Gasteiger partial charge in [-0.15, -0.1) is 0 Å². The molecule has 2 fully saturated rings. The van der Waals surface area contributed by atoms with Crippen molar-refractivity contribution in [3.63, 3.8) is 0 Å². The van der Waals surface area contributed by atoms with Crippen molar-refractivity contribution in [1.82, 2.24) is 4.90 Å². The fraction of sp³-hybridized carbons (Fsp3) is 0.619. The van der Waals surface area contributed by atoms with E-state index in [1.54, 1.807) is 5.57 Å². The molecule has 2 heterocycles. The zero-order valence-corrected chi connectivity index (χ0v) is 15.1. The van der Waals surface area contributed by atoms with Crippen LogP contribution >= 0.6 is 0 Å². The molecule has 2 aliphatic rings. The smallest absolute Gasteiger partial charge is 0.0940 e. The van der Waals surface area contributed by atoms with Gasteiger partial charge in [-0.05, 0) is 50.8 Å². The molecular weight excluding hydrogens is 298 g/mol. The van der Waals surface area contributed by atoms with Gasteiger partial charge in [-0.1, -0.05) is 35.9 Å². The van der Waals surface area contributed by atoms with Crippen molar-refractivity contribution in [2.45, 2.75) is 57.6 Å². The van der Waals surface area contributed by atoms with Gasteiger partial charge in [0.15, 0.2) is 0 Å². The predicted molar refractivity (Wildman–Crippen MR) is 98.9 cm³/mol. The molecule has 132 valence electrons. The van der Waals surface area contributed by atoms with E-state index >= 15 is 0 Å². The summed E-state index contributed by atoms with van der Waals surface area (Å²) in [6.45, 7) is 8.25. The van der Waals surface area contributed by atoms with Crippen molar-refractivity contribution in [2.75, 3.05) is 26.3 Å². The molecule has 0 unspecified atom stereocenters. The average Bonchev–Trinajstić information content (AvgIpc) is 2.82. The van der Waals surface area contributed by atoms with Crippen LogP contribution in [0, 0.1) is 0 Å². The summed E-state index contributed by atoms with van der Waals surface area (Å²) in [5.41, 5.74) is 3.13. The molecule has 0 amide bonds. The summed E-state index contributed by atoms with van der Waals surface area (Å²) in [7, 11) is 0. The van der Waals surface area contributed by atoms with E-state index in [0.29, 0.717) is 32.1 Å². The van der Waals surface area contributed by atoms with Crippen LogP contribution in [0.25, 0.3) is 6.08 Å². The Hall–Kier alpha value is -1.16. The van der Waals surface area contributed by atoms with Gasteiger partial charge in [0.2, 0.25) is 0 Å². The minimum Gasteiger partial charge on any atom is -0.385 e. The van der Waals surface area contributed by atoms with E-state index in [4.69, 9.17) is 4.74 Å². The van der Waals surface area contributed by atoms with Crippen LogP contribution in [0.15, 0.2) is 29.8 Å². The number of hydrogen-bond donors (Lipinski definition) is 1. The lowest BCUT2D eigenvalue weighted by Crippen LogP contribution is -2.33. The molecule has 3 nitrogen and oxygen atoms in total. The molecule has 0 aromatic heterocycles. The first-order valence-corrected chi connectivity index (χ1v) is 9.41. The van der Waals surface area contributed by atoms with Gasteiger partial charge in [-0.3, -0.25) is 0 Å². The van der Waals surface area contributed by atoms with Crippen LogP contribution in [0.2, 0.25) is 0 Å². The summed E-state index contributed by atoms with van der Waals surface area (Å²) in [5.74, 6) is 0. The summed E-state index contributed by atoms with van der Waals surface area (Å²) in [6, 6.07) is 9.13. The third-order valence-corrected chi connectivity index (χ3v) is 5.53. The second-order valence-corrected chi connectivity index (χ2v) is 7.55. The molecule has 0 radical (unpaired) electrons. The third-order valence-electron chi connectivity index (χ3n) is 5.53. The quantitative estimate of drug-likeness (QED) is 0.911. The zero-order chi connectivity index (χ0) is 17.0. The monoisotopic (exact) mass is 329 g/mol. The number of ether oxygens (including phenoxy) is 1. The van der Waals surface area contributed by atoms with Gasteiger partial charge < -0.3 is 14.7 Å². The molecular formula is C21H31NO2. The topological polar surface area (TPSA) is 32.7 Å². The van der Waals surface area contributed by atoms with Crippen LogP contribution < -0.4 is 0 Å². The van der Waals surface area contributed by atoms with Gasteiger partial charge >= 0.3 is 0 Å². The van der Waals surface area contributed by atoms with Gasteiger partial charge in [0.05, 0.1) is 5.60 Å². The maximum Gasteiger partial charge on any atom is 0.0940 e. The molecule has 1 N–H and O–H groups in total. The van der Waals surface area contributed by atoms with Crippen molar-refractivity contribution in [2.24, 2.45) is 0 Å². The van der Waals surface area contributed by atoms with Crippen LogP contribution in [0.3, 0.4) is 0 Å². The van der Waals surface area contributed by atoms with Gasteiger partial charge in [0.25, 0.3) is 0 Å². The summed E-state index contributed by atoms with van der Waals surface area (Å²) >= 11 is 0. The van der Waals surface area contributed by atoms with Crippen molar-refractivity contribution in [3.8, 4) is 0 Å². The molecule has 24 heavy (non-hydrogen) atoms. The summed E-state index contributed by atoms with van der Waals surface area (Å²) in [6.07, 6.45) is 7.36. The number of rotatable bonds is 3. The van der Waals surface area contributed by atoms with Crippen LogP contribution in [0.5, 0.6) is 0 Å². The molecule has 0 spiro atoms. The van der Waals surface area contributed by atoms with Gasteiger partial charge in [0, 0.05) is 38.6 Å².